The van der Waals surface area contributed by atoms with Crippen molar-refractivity contribution in [3.05, 3.63) is 88.8 Å². The van der Waals surface area contributed by atoms with E-state index in [0.29, 0.717) is 46.6 Å². The summed E-state index contributed by atoms with van der Waals surface area (Å²) in [6.07, 6.45) is 2.21. The van der Waals surface area contributed by atoms with Crippen LogP contribution >= 0.6 is 11.6 Å². The molecular weight excluding hydrogens is 459 g/mol. The Bertz CT molecular complexity index is 1390. The van der Waals surface area contributed by atoms with Gasteiger partial charge in [0.05, 0.1) is 16.9 Å². The Morgan fingerprint density at radius 3 is 2.65 bits per heavy atom. The maximum Gasteiger partial charge on any atom is 0.335 e. The quantitative estimate of drug-likeness (QED) is 0.343. The number of aromatic hydroxyl groups is 1. The van der Waals surface area contributed by atoms with Gasteiger partial charge >= 0.3 is 5.97 Å². The van der Waals surface area contributed by atoms with Gasteiger partial charge in [-0.25, -0.2) is 19.2 Å². The lowest BCUT2D eigenvalue weighted by Gasteiger charge is -2.26. The fourth-order valence-corrected chi connectivity index (χ4v) is 4.16. The molecule has 7 nitrogen and oxygen atoms in total. The second-order valence-electron chi connectivity index (χ2n) is 7.75. The Kier molecular flexibility index (Phi) is 5.51. The lowest BCUT2D eigenvalue weighted by molar-refractivity contribution is 0.0697. The molecule has 1 aromatic heterocycles. The molecular formula is C25H18ClFN4O3. The molecule has 170 valence electrons. The number of carboxylic acids is 1. The van der Waals surface area contributed by atoms with Gasteiger partial charge in [-0.05, 0) is 66.6 Å². The van der Waals surface area contributed by atoms with E-state index in [0.717, 1.165) is 5.56 Å². The number of phenolic OH excluding ortho intramolecular Hbond substituents is 1. The number of para-hydroxylation sites is 1. The van der Waals surface area contributed by atoms with Crippen LogP contribution in [0.25, 0.3) is 11.3 Å². The highest BCUT2D eigenvalue weighted by atomic mass is 35.5. The number of carbonyl (C=O) groups is 1. The van der Waals surface area contributed by atoms with Crippen molar-refractivity contribution >= 4 is 40.6 Å². The summed E-state index contributed by atoms with van der Waals surface area (Å²) in [4.78, 5) is 21.9. The summed E-state index contributed by atoms with van der Waals surface area (Å²) in [5.74, 6) is -1.40. The van der Waals surface area contributed by atoms with Gasteiger partial charge in [0, 0.05) is 29.0 Å². The third-order valence-electron chi connectivity index (χ3n) is 5.60. The maximum absolute atomic E-state index is 14.8. The summed E-state index contributed by atoms with van der Waals surface area (Å²) in [5, 5.41) is 23.1. The Hall–Kier alpha value is -4.17. The fourth-order valence-electron chi connectivity index (χ4n) is 3.99. The molecule has 3 N–H and O–H groups in total. The molecule has 4 aromatic rings. The largest absolute Gasteiger partial charge is 0.506 e. The fraction of sp³-hybridized carbons (Fsp3) is 0.0800. The van der Waals surface area contributed by atoms with Gasteiger partial charge in [-0.3, -0.25) is 0 Å². The molecule has 0 unspecified atom stereocenters. The number of rotatable bonds is 4. The molecule has 1 aliphatic rings. The Morgan fingerprint density at radius 1 is 1.12 bits per heavy atom. The van der Waals surface area contributed by atoms with Crippen LogP contribution in [-0.4, -0.2) is 32.7 Å². The zero-order valence-electron chi connectivity index (χ0n) is 17.7. The average molecular weight is 477 g/mol. The Morgan fingerprint density at radius 2 is 1.91 bits per heavy atom. The highest BCUT2D eigenvalue weighted by Crippen LogP contribution is 2.43. The number of hydrogen-bond donors (Lipinski definition) is 3. The van der Waals surface area contributed by atoms with Crippen LogP contribution in [0.3, 0.4) is 0 Å². The highest BCUT2D eigenvalue weighted by Gasteiger charge is 2.26. The topological polar surface area (TPSA) is 98.6 Å². The van der Waals surface area contributed by atoms with E-state index in [1.807, 2.05) is 6.07 Å². The number of fused-ring (bicyclic) bond motifs is 3. The number of aromatic carboxylic acids is 1. The summed E-state index contributed by atoms with van der Waals surface area (Å²) in [6.45, 7) is 0.377. The third kappa shape index (κ3) is 3.99. The molecule has 9 heteroatoms. The van der Waals surface area contributed by atoms with Crippen molar-refractivity contribution < 1.29 is 19.4 Å². The first-order valence-corrected chi connectivity index (χ1v) is 10.8. The summed E-state index contributed by atoms with van der Waals surface area (Å²) in [6, 6.07) is 15.7. The van der Waals surface area contributed by atoms with E-state index in [4.69, 9.17) is 21.7 Å². The molecule has 2 heterocycles. The monoisotopic (exact) mass is 476 g/mol. The molecule has 34 heavy (non-hydrogen) atoms. The molecule has 0 saturated carbocycles. The van der Waals surface area contributed by atoms with Crippen molar-refractivity contribution in [2.45, 2.75) is 6.42 Å². The van der Waals surface area contributed by atoms with Gasteiger partial charge in [0.1, 0.15) is 11.4 Å². The number of phenols is 1. The maximum atomic E-state index is 14.8. The lowest BCUT2D eigenvalue weighted by atomic mass is 10.0. The van der Waals surface area contributed by atoms with Crippen LogP contribution < -0.4 is 10.2 Å². The van der Waals surface area contributed by atoms with E-state index in [1.165, 1.54) is 30.3 Å². The van der Waals surface area contributed by atoms with E-state index in [2.05, 4.69) is 10.3 Å². The second-order valence-corrected chi connectivity index (χ2v) is 8.18. The van der Waals surface area contributed by atoms with Crippen LogP contribution in [0.1, 0.15) is 15.9 Å². The number of halogens is 2. The molecule has 0 radical (unpaired) electrons. The first-order valence-electron chi connectivity index (χ1n) is 10.4. The van der Waals surface area contributed by atoms with Crippen LogP contribution in [0.15, 0.2) is 66.9 Å². The van der Waals surface area contributed by atoms with Crippen molar-refractivity contribution in [1.29, 1.82) is 0 Å². The number of hydrogen-bond acceptors (Lipinski definition) is 6. The van der Waals surface area contributed by atoms with Crippen molar-refractivity contribution in [1.82, 2.24) is 9.97 Å². The minimum absolute atomic E-state index is 0.0728. The van der Waals surface area contributed by atoms with Gasteiger partial charge in [-0.1, -0.05) is 17.7 Å². The minimum Gasteiger partial charge on any atom is -0.506 e. The van der Waals surface area contributed by atoms with Gasteiger partial charge in [0.25, 0.3) is 0 Å². The third-order valence-corrected chi connectivity index (χ3v) is 5.83. The molecule has 0 atom stereocenters. The molecule has 0 saturated heterocycles. The van der Waals surface area contributed by atoms with Crippen molar-refractivity contribution in [3.63, 3.8) is 0 Å². The van der Waals surface area contributed by atoms with Crippen molar-refractivity contribution in [3.8, 4) is 17.0 Å². The summed E-state index contributed by atoms with van der Waals surface area (Å²) < 4.78 is 14.8. The van der Waals surface area contributed by atoms with Gasteiger partial charge in [-0.15, -0.1) is 0 Å². The van der Waals surface area contributed by atoms with Crippen LogP contribution in [0.2, 0.25) is 5.02 Å². The molecule has 5 rings (SSSR count). The van der Waals surface area contributed by atoms with Crippen molar-refractivity contribution in [2.24, 2.45) is 0 Å². The van der Waals surface area contributed by atoms with E-state index in [1.54, 1.807) is 35.4 Å². The molecule has 0 bridgehead atoms. The van der Waals surface area contributed by atoms with E-state index in [-0.39, 0.29) is 17.0 Å². The molecule has 0 aliphatic carbocycles. The molecule has 0 amide bonds. The van der Waals surface area contributed by atoms with Crippen LogP contribution in [-0.2, 0) is 6.42 Å². The van der Waals surface area contributed by atoms with E-state index in [9.17, 15) is 14.3 Å². The number of benzene rings is 3. The summed E-state index contributed by atoms with van der Waals surface area (Å²) >= 11 is 6.29. The smallest absolute Gasteiger partial charge is 0.335 e. The zero-order chi connectivity index (χ0) is 23.8. The summed E-state index contributed by atoms with van der Waals surface area (Å²) in [7, 11) is 0. The second kappa shape index (κ2) is 8.64. The first kappa shape index (κ1) is 21.7. The SMILES string of the molecule is O=C(O)c1ccc(Nc2ncc3c(n2)-c2ccc(Cl)cc2N(c2c(O)cccc2F)CC3)cc1. The Labute approximate surface area is 199 Å². The standard InChI is InChI=1S/C25H18ClFN4O3/c26-16-6-9-18-20(12-16)31(23-19(27)2-1-3-21(23)32)11-10-15-13-28-25(30-22(15)18)29-17-7-4-14(5-8-17)24(33)34/h1-9,12-13,32H,10-11H2,(H,33,34)(H,28,29,30). The number of nitrogens with zero attached hydrogens (tertiary/aromatic N) is 3. The van der Waals surface area contributed by atoms with Gasteiger partial charge in [0.15, 0.2) is 5.82 Å². The predicted molar refractivity (Wildman–Crippen MR) is 128 cm³/mol. The molecule has 0 fully saturated rings. The van der Waals surface area contributed by atoms with Gasteiger partial charge in [-0.2, -0.15) is 0 Å². The van der Waals surface area contributed by atoms with Crippen LogP contribution in [0.4, 0.5) is 27.4 Å². The number of anilines is 4. The molecule has 1 aliphatic heterocycles. The molecule has 0 spiro atoms. The average Bonchev–Trinajstić information content (AvgIpc) is 2.96. The highest BCUT2D eigenvalue weighted by molar-refractivity contribution is 6.31. The molecule has 3 aromatic carbocycles. The van der Waals surface area contributed by atoms with E-state index >= 15 is 0 Å². The zero-order valence-corrected chi connectivity index (χ0v) is 18.4. The minimum atomic E-state index is -1.01. The number of aromatic nitrogens is 2. The first-order chi connectivity index (χ1) is 16.4. The predicted octanol–water partition coefficient (Wildman–Crippen LogP) is 5.78. The summed E-state index contributed by atoms with van der Waals surface area (Å²) in [5.41, 5.74) is 3.72. The van der Waals surface area contributed by atoms with Gasteiger partial charge < -0.3 is 20.4 Å². The van der Waals surface area contributed by atoms with Crippen LogP contribution in [0, 0.1) is 5.82 Å². The van der Waals surface area contributed by atoms with E-state index < -0.39 is 11.8 Å². The number of carboxylic acid groups (broad SMARTS) is 1. The number of nitrogens with one attached hydrogen (secondary N) is 1. The van der Waals surface area contributed by atoms with Crippen molar-refractivity contribution in [2.75, 3.05) is 16.8 Å². The van der Waals surface area contributed by atoms with Gasteiger partial charge in [0.2, 0.25) is 5.95 Å². The normalized spacial score (nSPS) is 12.5. The lowest BCUT2D eigenvalue weighted by Crippen LogP contribution is -2.20. The Balaban J connectivity index is 1.57. The van der Waals surface area contributed by atoms with Crippen LogP contribution in [0.5, 0.6) is 5.75 Å².